The third-order valence-electron chi connectivity index (χ3n) is 5.20. The number of halogens is 3. The number of alkyl halides is 3. The fourth-order valence-corrected chi connectivity index (χ4v) is 3.86. The second-order valence-corrected chi connectivity index (χ2v) is 7.18. The number of nitrogens with zero attached hydrogens (tertiary/aromatic N) is 2. The van der Waals surface area contributed by atoms with Crippen molar-refractivity contribution >= 4 is 28.5 Å². The Bertz CT molecular complexity index is 1110. The van der Waals surface area contributed by atoms with Gasteiger partial charge in [-0.05, 0) is 36.7 Å². The third-order valence-corrected chi connectivity index (χ3v) is 5.20. The Balaban J connectivity index is 1.72. The molecule has 3 aromatic rings. The van der Waals surface area contributed by atoms with E-state index in [0.717, 1.165) is 41.7 Å². The summed E-state index contributed by atoms with van der Waals surface area (Å²) in [5.41, 5.74) is 2.92. The van der Waals surface area contributed by atoms with E-state index in [1.807, 2.05) is 24.3 Å². The highest BCUT2D eigenvalue weighted by molar-refractivity contribution is 5.95. The van der Waals surface area contributed by atoms with E-state index in [9.17, 15) is 22.8 Å². The Hall–Kier alpha value is -3.33. The van der Waals surface area contributed by atoms with E-state index < -0.39 is 18.1 Å². The number of amides is 1. The van der Waals surface area contributed by atoms with Crippen molar-refractivity contribution in [1.29, 1.82) is 0 Å². The van der Waals surface area contributed by atoms with Crippen molar-refractivity contribution in [2.45, 2.75) is 25.6 Å². The van der Waals surface area contributed by atoms with E-state index in [-0.39, 0.29) is 12.2 Å². The largest absolute Gasteiger partial charge is 0.493 e. The topological polar surface area (TPSA) is 63.6 Å². The van der Waals surface area contributed by atoms with Crippen LogP contribution in [0.5, 0.6) is 0 Å². The fraction of sp³-hybridized carbons (Fsp3) is 0.273. The molecule has 0 aliphatic carbocycles. The molecule has 0 saturated heterocycles. The summed E-state index contributed by atoms with van der Waals surface area (Å²) in [6, 6.07) is 15.1. The average molecular weight is 431 g/mol. The van der Waals surface area contributed by atoms with Crippen molar-refractivity contribution in [3.05, 3.63) is 65.9 Å². The highest BCUT2D eigenvalue weighted by Gasteiger charge is 2.43. The number of carbonyl (C=O) groups excluding carboxylic acids is 2. The lowest BCUT2D eigenvalue weighted by Gasteiger charge is -2.22. The molecule has 0 unspecified atom stereocenters. The van der Waals surface area contributed by atoms with Gasteiger partial charge in [0.15, 0.2) is 0 Å². The minimum atomic E-state index is -5.23. The Morgan fingerprint density at radius 2 is 1.68 bits per heavy atom. The van der Waals surface area contributed by atoms with E-state index in [2.05, 4.69) is 10.2 Å². The van der Waals surface area contributed by atoms with Gasteiger partial charge in [-0.15, -0.1) is 5.06 Å². The molecule has 0 spiro atoms. The Morgan fingerprint density at radius 3 is 2.42 bits per heavy atom. The predicted molar refractivity (Wildman–Crippen MR) is 108 cm³/mol. The smallest absolute Gasteiger partial charge is 0.335 e. The van der Waals surface area contributed by atoms with Crippen molar-refractivity contribution in [3.63, 3.8) is 0 Å². The van der Waals surface area contributed by atoms with Gasteiger partial charge >= 0.3 is 12.1 Å². The van der Waals surface area contributed by atoms with E-state index in [1.54, 1.807) is 22.8 Å². The van der Waals surface area contributed by atoms with Gasteiger partial charge in [0.25, 0.3) is 5.91 Å². The maximum atomic E-state index is 13.1. The van der Waals surface area contributed by atoms with Crippen molar-refractivity contribution in [1.82, 2.24) is 9.88 Å². The van der Waals surface area contributed by atoms with Crippen molar-refractivity contribution in [3.8, 4) is 0 Å². The van der Waals surface area contributed by atoms with Gasteiger partial charge in [-0.1, -0.05) is 36.4 Å². The van der Waals surface area contributed by atoms with Gasteiger partial charge in [0.1, 0.15) is 6.54 Å². The van der Waals surface area contributed by atoms with Gasteiger partial charge in [0.05, 0.1) is 5.69 Å². The number of carbonyl (C=O) groups is 2. The van der Waals surface area contributed by atoms with Crippen LogP contribution in [-0.4, -0.2) is 35.7 Å². The minimum absolute atomic E-state index is 0.0364. The first-order valence-electron chi connectivity index (χ1n) is 9.83. The second-order valence-electron chi connectivity index (χ2n) is 7.18. The molecule has 0 radical (unpaired) electrons. The van der Waals surface area contributed by atoms with E-state index in [0.29, 0.717) is 11.5 Å². The van der Waals surface area contributed by atoms with E-state index in [1.165, 1.54) is 12.1 Å². The lowest BCUT2D eigenvalue weighted by atomic mass is 10.1. The van der Waals surface area contributed by atoms with Crippen LogP contribution in [-0.2, 0) is 33.8 Å². The highest BCUT2D eigenvalue weighted by atomic mass is 19.4. The fourth-order valence-electron chi connectivity index (χ4n) is 3.86. The molecule has 31 heavy (non-hydrogen) atoms. The van der Waals surface area contributed by atoms with Crippen molar-refractivity contribution in [2.75, 3.05) is 18.2 Å². The molecule has 2 heterocycles. The molecule has 4 rings (SSSR count). The molecule has 0 atom stereocenters. The molecule has 1 amide bonds. The number of para-hydroxylation sites is 2. The molecule has 9 heteroatoms. The SMILES string of the molecule is O=C(Cn1c2c(c3ccccc31)CCNCC2)N(OC(=O)C(F)(F)F)c1ccccc1. The monoisotopic (exact) mass is 431 g/mol. The van der Waals surface area contributed by atoms with Crippen LogP contribution in [0.3, 0.4) is 0 Å². The van der Waals surface area contributed by atoms with Crippen LogP contribution >= 0.6 is 0 Å². The van der Waals surface area contributed by atoms with Crippen molar-refractivity contribution in [2.24, 2.45) is 0 Å². The number of hydrogen-bond acceptors (Lipinski definition) is 4. The van der Waals surface area contributed by atoms with Gasteiger partial charge in [0, 0.05) is 29.6 Å². The summed E-state index contributed by atoms with van der Waals surface area (Å²) in [4.78, 5) is 29.1. The zero-order chi connectivity index (χ0) is 22.0. The number of aromatic nitrogens is 1. The molecule has 1 aliphatic heterocycles. The summed E-state index contributed by atoms with van der Waals surface area (Å²) in [5.74, 6) is -3.24. The normalized spacial score (nSPS) is 14.0. The van der Waals surface area contributed by atoms with Gasteiger partial charge in [-0.2, -0.15) is 13.2 Å². The molecular weight excluding hydrogens is 411 g/mol. The molecule has 162 valence electrons. The number of hydrogen-bond donors (Lipinski definition) is 1. The first kappa shape index (κ1) is 20.9. The molecule has 2 aromatic carbocycles. The lowest BCUT2D eigenvalue weighted by molar-refractivity contribution is -0.201. The van der Waals surface area contributed by atoms with Crippen molar-refractivity contribution < 1.29 is 27.6 Å². The molecule has 1 aliphatic rings. The number of hydroxylamine groups is 1. The second kappa shape index (κ2) is 8.43. The van der Waals surface area contributed by atoms with Gasteiger partial charge in [0.2, 0.25) is 0 Å². The molecule has 0 bridgehead atoms. The molecule has 0 fully saturated rings. The average Bonchev–Trinajstić information content (AvgIpc) is 2.90. The molecule has 0 saturated carbocycles. The predicted octanol–water partition coefficient (Wildman–Crippen LogP) is 3.38. The summed E-state index contributed by atoms with van der Waals surface area (Å²) >= 11 is 0. The number of rotatable bonds is 3. The molecule has 6 nitrogen and oxygen atoms in total. The van der Waals surface area contributed by atoms with Crippen LogP contribution in [0, 0.1) is 0 Å². The Morgan fingerprint density at radius 1 is 1.00 bits per heavy atom. The maximum Gasteiger partial charge on any atom is 0.493 e. The number of anilines is 1. The summed E-state index contributed by atoms with van der Waals surface area (Å²) in [6.07, 6.45) is -3.77. The Kier molecular flexibility index (Phi) is 5.69. The zero-order valence-corrected chi connectivity index (χ0v) is 16.5. The molecule has 1 N–H and O–H groups in total. The van der Waals surface area contributed by atoms with Crippen LogP contribution in [0.1, 0.15) is 11.3 Å². The summed E-state index contributed by atoms with van der Waals surface area (Å²) < 4.78 is 40.3. The van der Waals surface area contributed by atoms with Gasteiger partial charge in [-0.25, -0.2) is 4.79 Å². The first-order valence-corrected chi connectivity index (χ1v) is 9.83. The maximum absolute atomic E-state index is 13.1. The number of fused-ring (bicyclic) bond motifs is 3. The quantitative estimate of drug-likeness (QED) is 0.646. The number of benzene rings is 2. The molecule has 1 aromatic heterocycles. The molecular formula is C22H20F3N3O3. The standard InChI is InChI=1S/C22H20F3N3O3/c23-22(24,25)21(30)31-28(15-6-2-1-3-7-15)20(29)14-27-18-9-5-4-8-16(18)17-10-12-26-13-11-19(17)27/h1-9,26H,10-14H2. The lowest BCUT2D eigenvalue weighted by Crippen LogP contribution is -2.40. The van der Waals surface area contributed by atoms with Crippen LogP contribution < -0.4 is 10.4 Å². The minimum Gasteiger partial charge on any atom is -0.335 e. The number of nitrogens with one attached hydrogen (secondary N) is 1. The highest BCUT2D eigenvalue weighted by Crippen LogP contribution is 2.29. The third kappa shape index (κ3) is 4.27. The summed E-state index contributed by atoms with van der Waals surface area (Å²) in [7, 11) is 0. The Labute approximate surface area is 176 Å². The zero-order valence-electron chi connectivity index (χ0n) is 16.5. The summed E-state index contributed by atoms with van der Waals surface area (Å²) in [6.45, 7) is 1.26. The van der Waals surface area contributed by atoms with Crippen LogP contribution in [0.4, 0.5) is 18.9 Å². The van der Waals surface area contributed by atoms with Crippen LogP contribution in [0.15, 0.2) is 54.6 Å². The first-order chi connectivity index (χ1) is 14.9. The van der Waals surface area contributed by atoms with E-state index in [4.69, 9.17) is 0 Å². The van der Waals surface area contributed by atoms with E-state index >= 15 is 0 Å². The summed E-state index contributed by atoms with van der Waals surface area (Å²) in [5, 5.41) is 4.74. The van der Waals surface area contributed by atoms with Gasteiger partial charge < -0.3 is 14.7 Å². The van der Waals surface area contributed by atoms with Crippen LogP contribution in [0.2, 0.25) is 0 Å². The van der Waals surface area contributed by atoms with Crippen LogP contribution in [0.25, 0.3) is 10.9 Å². The van der Waals surface area contributed by atoms with Gasteiger partial charge in [-0.3, -0.25) is 4.79 Å².